The van der Waals surface area contributed by atoms with Crippen molar-refractivity contribution >= 4 is 6.09 Å². The fourth-order valence-electron chi connectivity index (χ4n) is 4.26. The SMILES string of the molecule is COc1ccc([C@@H]2CCN(C(=O)OC(C)(C)C)CC2CCc2cccc(C#N)c2)cc1. The lowest BCUT2D eigenvalue weighted by molar-refractivity contribution is 0.0139. The van der Waals surface area contributed by atoms with Crippen LogP contribution in [-0.4, -0.2) is 36.8 Å². The summed E-state index contributed by atoms with van der Waals surface area (Å²) < 4.78 is 10.9. The topological polar surface area (TPSA) is 62.6 Å². The van der Waals surface area contributed by atoms with Crippen molar-refractivity contribution in [3.8, 4) is 11.8 Å². The molecule has 31 heavy (non-hydrogen) atoms. The Bertz CT molecular complexity index is 925. The monoisotopic (exact) mass is 420 g/mol. The molecule has 0 bridgehead atoms. The molecule has 2 atom stereocenters. The third-order valence-corrected chi connectivity index (χ3v) is 5.79. The minimum absolute atomic E-state index is 0.239. The summed E-state index contributed by atoms with van der Waals surface area (Å²) in [5, 5.41) is 9.18. The molecule has 0 aliphatic carbocycles. The Kier molecular flexibility index (Phi) is 7.22. The highest BCUT2D eigenvalue weighted by molar-refractivity contribution is 5.68. The van der Waals surface area contributed by atoms with Gasteiger partial charge in [0.15, 0.2) is 0 Å². The molecule has 0 radical (unpaired) electrons. The summed E-state index contributed by atoms with van der Waals surface area (Å²) in [6, 6.07) is 18.3. The summed E-state index contributed by atoms with van der Waals surface area (Å²) in [4.78, 5) is 14.5. The fourth-order valence-corrected chi connectivity index (χ4v) is 4.26. The van der Waals surface area contributed by atoms with Crippen LogP contribution in [0.25, 0.3) is 0 Å². The number of nitriles is 1. The van der Waals surface area contributed by atoms with Gasteiger partial charge in [-0.15, -0.1) is 0 Å². The van der Waals surface area contributed by atoms with Gasteiger partial charge in [-0.1, -0.05) is 24.3 Å². The molecular formula is C26H32N2O3. The van der Waals surface area contributed by atoms with E-state index in [1.165, 1.54) is 5.56 Å². The maximum atomic E-state index is 12.7. The van der Waals surface area contributed by atoms with Crippen LogP contribution in [0.2, 0.25) is 0 Å². The van der Waals surface area contributed by atoms with E-state index in [9.17, 15) is 10.1 Å². The number of carbonyl (C=O) groups is 1. The fraction of sp³-hybridized carbons (Fsp3) is 0.462. The lowest BCUT2D eigenvalue weighted by Gasteiger charge is -2.39. The highest BCUT2D eigenvalue weighted by Gasteiger charge is 2.34. The average Bonchev–Trinajstić information content (AvgIpc) is 2.76. The van der Waals surface area contributed by atoms with Gasteiger partial charge in [0.1, 0.15) is 11.4 Å². The van der Waals surface area contributed by atoms with E-state index in [1.807, 2.05) is 56.0 Å². The van der Waals surface area contributed by atoms with Crippen molar-refractivity contribution in [2.45, 2.75) is 51.6 Å². The molecule has 164 valence electrons. The number of hydrogen-bond donors (Lipinski definition) is 0. The lowest BCUT2D eigenvalue weighted by atomic mass is 9.77. The molecule has 0 saturated carbocycles. The Balaban J connectivity index is 1.77. The molecule has 3 rings (SSSR count). The Morgan fingerprint density at radius 3 is 2.58 bits per heavy atom. The Morgan fingerprint density at radius 1 is 1.19 bits per heavy atom. The van der Waals surface area contributed by atoms with Gasteiger partial charge in [0.2, 0.25) is 0 Å². The minimum Gasteiger partial charge on any atom is -0.497 e. The number of aryl methyl sites for hydroxylation is 1. The summed E-state index contributed by atoms with van der Waals surface area (Å²) in [5.41, 5.74) is 2.61. The summed E-state index contributed by atoms with van der Waals surface area (Å²) >= 11 is 0. The molecule has 5 heteroatoms. The number of piperidine rings is 1. The zero-order valence-electron chi connectivity index (χ0n) is 18.9. The molecule has 1 heterocycles. The van der Waals surface area contributed by atoms with Gasteiger partial charge in [-0.2, -0.15) is 5.26 Å². The highest BCUT2D eigenvalue weighted by Crippen LogP contribution is 2.37. The number of ether oxygens (including phenoxy) is 2. The normalized spacial score (nSPS) is 18.9. The smallest absolute Gasteiger partial charge is 0.410 e. The first kappa shape index (κ1) is 22.7. The molecule has 1 aliphatic heterocycles. The summed E-state index contributed by atoms with van der Waals surface area (Å²) in [7, 11) is 1.67. The van der Waals surface area contributed by atoms with Crippen molar-refractivity contribution in [2.24, 2.45) is 5.92 Å². The Hall–Kier alpha value is -3.00. The van der Waals surface area contributed by atoms with Crippen LogP contribution in [0.5, 0.6) is 5.75 Å². The van der Waals surface area contributed by atoms with Crippen LogP contribution in [0.1, 0.15) is 56.2 Å². The van der Waals surface area contributed by atoms with Gasteiger partial charge in [-0.3, -0.25) is 0 Å². The third kappa shape index (κ3) is 6.24. The van der Waals surface area contributed by atoms with E-state index < -0.39 is 5.60 Å². The van der Waals surface area contributed by atoms with Crippen LogP contribution in [0.4, 0.5) is 4.79 Å². The lowest BCUT2D eigenvalue weighted by Crippen LogP contribution is -2.45. The highest BCUT2D eigenvalue weighted by atomic mass is 16.6. The van der Waals surface area contributed by atoms with E-state index in [4.69, 9.17) is 9.47 Å². The van der Waals surface area contributed by atoms with Gasteiger partial charge in [0, 0.05) is 13.1 Å². The molecule has 1 amide bonds. The van der Waals surface area contributed by atoms with Crippen molar-refractivity contribution in [1.29, 1.82) is 5.26 Å². The second-order valence-corrected chi connectivity index (χ2v) is 9.21. The predicted molar refractivity (Wildman–Crippen MR) is 121 cm³/mol. The van der Waals surface area contributed by atoms with Crippen molar-refractivity contribution in [1.82, 2.24) is 4.90 Å². The van der Waals surface area contributed by atoms with Crippen molar-refractivity contribution in [2.75, 3.05) is 20.2 Å². The third-order valence-electron chi connectivity index (χ3n) is 5.79. The van der Waals surface area contributed by atoms with Gasteiger partial charge < -0.3 is 14.4 Å². The summed E-state index contributed by atoms with van der Waals surface area (Å²) in [6.45, 7) is 7.05. The first-order valence-corrected chi connectivity index (χ1v) is 10.9. The van der Waals surface area contributed by atoms with E-state index in [-0.39, 0.29) is 6.09 Å². The van der Waals surface area contributed by atoms with Gasteiger partial charge in [0.05, 0.1) is 18.7 Å². The van der Waals surface area contributed by atoms with E-state index in [0.717, 1.165) is 30.6 Å². The average molecular weight is 421 g/mol. The first-order chi connectivity index (χ1) is 14.8. The summed E-state index contributed by atoms with van der Waals surface area (Å²) in [5.74, 6) is 1.52. The maximum absolute atomic E-state index is 12.7. The standard InChI is InChI=1S/C26H32N2O3/c1-26(2,3)31-25(29)28-15-14-24(21-10-12-23(30-4)13-11-21)22(18-28)9-8-19-6-5-7-20(16-19)17-27/h5-7,10-13,16,22,24H,8-9,14-15,18H2,1-4H3/t22?,24-/m0/s1. The number of carbonyl (C=O) groups excluding carboxylic acids is 1. The van der Waals surface area contributed by atoms with E-state index in [2.05, 4.69) is 24.3 Å². The van der Waals surface area contributed by atoms with Gasteiger partial charge in [-0.05, 0) is 87.3 Å². The molecular weight excluding hydrogens is 388 g/mol. The molecule has 1 aliphatic rings. The quantitative estimate of drug-likeness (QED) is 0.637. The zero-order chi connectivity index (χ0) is 22.4. The van der Waals surface area contributed by atoms with Crippen LogP contribution in [0.3, 0.4) is 0 Å². The Morgan fingerprint density at radius 2 is 1.94 bits per heavy atom. The van der Waals surface area contributed by atoms with Crippen LogP contribution in [0.15, 0.2) is 48.5 Å². The second-order valence-electron chi connectivity index (χ2n) is 9.21. The second kappa shape index (κ2) is 9.87. The van der Waals surface area contributed by atoms with Crippen LogP contribution >= 0.6 is 0 Å². The Labute approximate surface area is 185 Å². The van der Waals surface area contributed by atoms with Crippen molar-refractivity contribution in [3.63, 3.8) is 0 Å². The molecule has 0 spiro atoms. The number of nitrogens with zero attached hydrogens (tertiary/aromatic N) is 2. The summed E-state index contributed by atoms with van der Waals surface area (Å²) in [6.07, 6.45) is 2.46. The van der Waals surface area contributed by atoms with Gasteiger partial charge in [-0.25, -0.2) is 4.79 Å². The number of benzene rings is 2. The van der Waals surface area contributed by atoms with Crippen LogP contribution in [0, 0.1) is 17.2 Å². The number of hydrogen-bond acceptors (Lipinski definition) is 4. The first-order valence-electron chi connectivity index (χ1n) is 10.9. The van der Waals surface area contributed by atoms with E-state index in [1.54, 1.807) is 7.11 Å². The van der Waals surface area contributed by atoms with Gasteiger partial charge in [0.25, 0.3) is 0 Å². The number of amides is 1. The number of likely N-dealkylation sites (tertiary alicyclic amines) is 1. The predicted octanol–water partition coefficient (Wildman–Crippen LogP) is 5.54. The minimum atomic E-state index is -0.503. The number of methoxy groups -OCH3 is 1. The molecule has 0 N–H and O–H groups in total. The molecule has 1 saturated heterocycles. The number of rotatable bonds is 5. The van der Waals surface area contributed by atoms with E-state index in [0.29, 0.717) is 30.5 Å². The molecule has 1 unspecified atom stereocenters. The molecule has 5 nitrogen and oxygen atoms in total. The van der Waals surface area contributed by atoms with Gasteiger partial charge >= 0.3 is 6.09 Å². The largest absolute Gasteiger partial charge is 0.497 e. The maximum Gasteiger partial charge on any atom is 0.410 e. The van der Waals surface area contributed by atoms with Crippen molar-refractivity contribution < 1.29 is 14.3 Å². The van der Waals surface area contributed by atoms with Crippen molar-refractivity contribution in [3.05, 3.63) is 65.2 Å². The molecule has 2 aromatic rings. The van der Waals surface area contributed by atoms with E-state index >= 15 is 0 Å². The zero-order valence-corrected chi connectivity index (χ0v) is 18.9. The molecule has 1 fully saturated rings. The van der Waals surface area contributed by atoms with Crippen LogP contribution in [-0.2, 0) is 11.2 Å². The molecule has 2 aromatic carbocycles. The van der Waals surface area contributed by atoms with Crippen LogP contribution < -0.4 is 4.74 Å². The molecule has 0 aromatic heterocycles.